The fourth-order valence-electron chi connectivity index (χ4n) is 0. The van der Waals surface area contributed by atoms with Gasteiger partial charge in [-0.05, 0) is 0 Å². The molecule has 0 rings (SSSR count). The van der Waals surface area contributed by atoms with Gasteiger partial charge in [-0.3, -0.25) is 0 Å². The molecule has 3 heteroatoms. The molecule has 0 aliphatic rings. The van der Waals surface area contributed by atoms with Gasteiger partial charge in [-0.1, -0.05) is 0 Å². The van der Waals surface area contributed by atoms with Gasteiger partial charge >= 0.3 is 26.2 Å². The maximum absolute atomic E-state index is 7.21. The predicted molar refractivity (Wildman–Crippen MR) is 10.6 cm³/mol. The molecule has 0 heterocycles. The Hall–Kier alpha value is -0.0305. The molecular weight excluding hydrogens is 95.9 g/mol. The van der Waals surface area contributed by atoms with Gasteiger partial charge in [-0.15, -0.1) is 0 Å². The van der Waals surface area contributed by atoms with Crippen LogP contribution in [0, 0.1) is 10.2 Å². The van der Waals surface area contributed by atoms with Crippen LogP contribution in [0.1, 0.15) is 0 Å². The van der Waals surface area contributed by atoms with Crippen LogP contribution in [-0.2, 0) is 16.0 Å². The Morgan fingerprint density at radius 2 is 1.75 bits per heavy atom. The van der Waals surface area contributed by atoms with Crippen LogP contribution in [0.3, 0.4) is 0 Å². The van der Waals surface area contributed by atoms with E-state index in [1.165, 1.54) is 4.97 Å². The van der Waals surface area contributed by atoms with Gasteiger partial charge in [0.2, 0.25) is 0 Å². The van der Waals surface area contributed by atoms with Gasteiger partial charge in [0, 0.05) is 0 Å². The van der Waals surface area contributed by atoms with Crippen molar-refractivity contribution in [1.82, 2.24) is 6.15 Å². The summed E-state index contributed by atoms with van der Waals surface area (Å²) in [6, 6.07) is 0. The van der Waals surface area contributed by atoms with Gasteiger partial charge in [0.25, 0.3) is 0 Å². The summed E-state index contributed by atoms with van der Waals surface area (Å²) in [7, 11) is 0. The summed E-state index contributed by atoms with van der Waals surface area (Å²) in [6.07, 6.45) is 0. The molecule has 0 saturated heterocycles. The van der Waals surface area contributed by atoms with Crippen molar-refractivity contribution in [2.24, 2.45) is 0 Å². The van der Waals surface area contributed by atoms with E-state index < -0.39 is 0 Å². The van der Waals surface area contributed by atoms with E-state index in [4.69, 9.17) is 5.26 Å². The summed E-state index contributed by atoms with van der Waals surface area (Å²) < 4.78 is 0. The Balaban J connectivity index is 0. The molecule has 0 amide bonds. The first-order valence-electron chi connectivity index (χ1n) is 0.400. The minimum absolute atomic E-state index is 0. The van der Waals surface area contributed by atoms with E-state index >= 15 is 0 Å². The van der Waals surface area contributed by atoms with Gasteiger partial charge in [-0.2, -0.15) is 0 Å². The van der Waals surface area contributed by atoms with Crippen molar-refractivity contribution in [3.63, 3.8) is 0 Å². The molecular formula is CH3FeN2. The summed E-state index contributed by atoms with van der Waals surface area (Å²) >= 11 is 2.79. The van der Waals surface area contributed by atoms with Crippen molar-refractivity contribution in [3.8, 4) is 4.97 Å². The van der Waals surface area contributed by atoms with Gasteiger partial charge in [0.1, 0.15) is 0 Å². The third-order valence-corrected chi connectivity index (χ3v) is 0. The summed E-state index contributed by atoms with van der Waals surface area (Å²) in [5.74, 6) is 0. The van der Waals surface area contributed by atoms with Crippen molar-refractivity contribution in [2.45, 2.75) is 0 Å². The monoisotopic (exact) mass is 99.0 g/mol. The molecule has 0 fully saturated rings. The van der Waals surface area contributed by atoms with E-state index in [2.05, 4.69) is 16.0 Å². The molecule has 0 unspecified atom stereocenters. The topological polar surface area (TPSA) is 58.8 Å². The number of hydrogen-bond acceptors (Lipinski definition) is 2. The summed E-state index contributed by atoms with van der Waals surface area (Å²) in [5, 5.41) is 7.21. The van der Waals surface area contributed by atoms with E-state index in [0.717, 1.165) is 0 Å². The molecule has 0 atom stereocenters. The average molecular weight is 98.9 g/mol. The number of rotatable bonds is 0. The molecule has 0 bridgehead atoms. The second kappa shape index (κ2) is 12.3. The second-order valence-electron chi connectivity index (χ2n) is 0.0791. The Morgan fingerprint density at radius 1 is 1.75 bits per heavy atom. The van der Waals surface area contributed by atoms with Crippen LogP contribution in [0.5, 0.6) is 0 Å². The molecule has 0 aliphatic carbocycles. The number of nitriles is 1. The van der Waals surface area contributed by atoms with Gasteiger partial charge in [0.05, 0.1) is 0 Å². The first-order chi connectivity index (χ1) is 1.41. The first kappa shape index (κ1) is 9.02. The van der Waals surface area contributed by atoms with Gasteiger partial charge < -0.3 is 6.15 Å². The molecule has 2 nitrogen and oxygen atoms in total. The van der Waals surface area contributed by atoms with Crippen LogP contribution >= 0.6 is 0 Å². The molecule has 25 valence electrons. The van der Waals surface area contributed by atoms with E-state index in [-0.39, 0.29) is 6.15 Å². The fraction of sp³-hybridized carbons (Fsp3) is 0. The zero-order valence-electron chi connectivity index (χ0n) is 2.01. The van der Waals surface area contributed by atoms with Crippen molar-refractivity contribution in [2.75, 3.05) is 0 Å². The standard InChI is InChI=1S/CN.Fe.H3N/c1-2;;/h;;1H3. The van der Waals surface area contributed by atoms with Crippen LogP contribution in [0.2, 0.25) is 0 Å². The van der Waals surface area contributed by atoms with Crippen molar-refractivity contribution >= 4 is 0 Å². The normalized spacial score (nSPS) is 2.00. The number of nitrogens with zero attached hydrogens (tertiary/aromatic N) is 1. The summed E-state index contributed by atoms with van der Waals surface area (Å²) in [6.45, 7) is 0. The number of hydrogen-bond donors (Lipinski definition) is 1. The molecule has 0 spiro atoms. The molecule has 0 aromatic rings. The quantitative estimate of drug-likeness (QED) is 0.440. The molecule has 0 aromatic heterocycles. The maximum atomic E-state index is 7.21. The first-order valence-corrected chi connectivity index (χ1v) is 0.952. The van der Waals surface area contributed by atoms with Crippen LogP contribution in [-0.4, -0.2) is 0 Å². The van der Waals surface area contributed by atoms with Crippen molar-refractivity contribution in [1.29, 1.82) is 5.26 Å². The molecule has 0 aromatic carbocycles. The SMILES string of the molecule is N.N#[C][Fe]. The average Bonchev–Trinajstić information content (AvgIpc) is 0.918. The van der Waals surface area contributed by atoms with Crippen molar-refractivity contribution < 1.29 is 16.0 Å². The summed E-state index contributed by atoms with van der Waals surface area (Å²) in [5.41, 5.74) is 0. The third-order valence-electron chi connectivity index (χ3n) is 0. The fourth-order valence-corrected chi connectivity index (χ4v) is 0. The van der Waals surface area contributed by atoms with E-state index in [1.54, 1.807) is 0 Å². The summed E-state index contributed by atoms with van der Waals surface area (Å²) in [4.78, 5) is 1.50. The minimum atomic E-state index is 0. The predicted octanol–water partition coefficient (Wildman–Crippen LogP) is 0.176. The van der Waals surface area contributed by atoms with Crippen LogP contribution in [0.25, 0.3) is 0 Å². The van der Waals surface area contributed by atoms with Gasteiger partial charge in [0.15, 0.2) is 0 Å². The Bertz CT molecular complexity index is 27.5. The Labute approximate surface area is 33.2 Å². The van der Waals surface area contributed by atoms with Crippen LogP contribution in [0.15, 0.2) is 0 Å². The molecule has 0 aliphatic heterocycles. The van der Waals surface area contributed by atoms with Crippen molar-refractivity contribution in [3.05, 3.63) is 0 Å². The van der Waals surface area contributed by atoms with E-state index in [0.29, 0.717) is 0 Å². The Morgan fingerprint density at radius 3 is 1.75 bits per heavy atom. The zero-order chi connectivity index (χ0) is 2.71. The second-order valence-corrected chi connectivity index (χ2v) is 0.326. The van der Waals surface area contributed by atoms with E-state index in [1.807, 2.05) is 0 Å². The third kappa shape index (κ3) is 1990. The molecule has 0 radical (unpaired) electrons. The van der Waals surface area contributed by atoms with Crippen LogP contribution in [0.4, 0.5) is 0 Å². The molecule has 0 saturated carbocycles. The Kier molecular flexibility index (Phi) is 27.6. The zero-order valence-corrected chi connectivity index (χ0v) is 3.11. The van der Waals surface area contributed by atoms with Gasteiger partial charge in [-0.25, -0.2) is 0 Å². The van der Waals surface area contributed by atoms with E-state index in [9.17, 15) is 0 Å². The molecule has 4 heavy (non-hydrogen) atoms. The molecule has 3 N–H and O–H groups in total. The van der Waals surface area contributed by atoms with Crippen LogP contribution < -0.4 is 6.15 Å².